The van der Waals surface area contributed by atoms with Gasteiger partial charge in [0.25, 0.3) is 0 Å². The molecule has 3 aliphatic carbocycles. The van der Waals surface area contributed by atoms with Crippen molar-refractivity contribution in [2.24, 2.45) is 5.92 Å². The highest BCUT2D eigenvalue weighted by Gasteiger charge is 2.54. The second-order valence-corrected chi connectivity index (χ2v) is 16.4. The molecular formula is C57H42N2. The molecule has 3 unspecified atom stereocenters. The second-order valence-electron chi connectivity index (χ2n) is 16.4. The van der Waals surface area contributed by atoms with Crippen molar-refractivity contribution in [1.29, 1.82) is 0 Å². The molecule has 0 spiro atoms. The normalized spacial score (nSPS) is 20.7. The van der Waals surface area contributed by atoms with Crippen molar-refractivity contribution in [2.45, 2.75) is 17.4 Å². The topological polar surface area (TPSA) is 24.1 Å². The first-order chi connectivity index (χ1) is 29.3. The summed E-state index contributed by atoms with van der Waals surface area (Å²) in [4.78, 5) is 0. The van der Waals surface area contributed by atoms with Crippen LogP contribution in [0.3, 0.4) is 0 Å². The summed E-state index contributed by atoms with van der Waals surface area (Å²) >= 11 is 0. The molecule has 2 heterocycles. The molecule has 2 aliphatic heterocycles. The van der Waals surface area contributed by atoms with E-state index in [4.69, 9.17) is 0 Å². The van der Waals surface area contributed by atoms with Gasteiger partial charge in [-0.2, -0.15) is 0 Å². The number of allylic oxidation sites excluding steroid dienone is 9. The van der Waals surface area contributed by atoms with Crippen LogP contribution >= 0.6 is 0 Å². The van der Waals surface area contributed by atoms with Gasteiger partial charge in [-0.25, -0.2) is 0 Å². The molecule has 0 saturated heterocycles. The highest BCUT2D eigenvalue weighted by atomic mass is 15.0. The van der Waals surface area contributed by atoms with E-state index in [2.05, 4.69) is 223 Å². The first-order valence-electron chi connectivity index (χ1n) is 20.9. The van der Waals surface area contributed by atoms with E-state index in [1.165, 1.54) is 88.5 Å². The van der Waals surface area contributed by atoms with Gasteiger partial charge >= 0.3 is 0 Å². The van der Waals surface area contributed by atoms with Crippen molar-refractivity contribution < 1.29 is 0 Å². The Morgan fingerprint density at radius 3 is 2.00 bits per heavy atom. The molecule has 0 saturated carbocycles. The third kappa shape index (κ3) is 5.12. The van der Waals surface area contributed by atoms with Crippen molar-refractivity contribution >= 4 is 32.8 Å². The molecule has 2 nitrogen and oxygen atoms in total. The van der Waals surface area contributed by atoms with Crippen LogP contribution < -0.4 is 10.6 Å². The molecule has 0 aromatic heterocycles. The van der Waals surface area contributed by atoms with Crippen molar-refractivity contribution in [1.82, 2.24) is 10.6 Å². The lowest BCUT2D eigenvalue weighted by Crippen LogP contribution is -2.41. The maximum absolute atomic E-state index is 3.94. The molecule has 59 heavy (non-hydrogen) atoms. The van der Waals surface area contributed by atoms with Gasteiger partial charge in [0.2, 0.25) is 0 Å². The molecule has 7 aromatic carbocycles. The van der Waals surface area contributed by atoms with Crippen LogP contribution in [0, 0.1) is 5.92 Å². The Morgan fingerprint density at radius 2 is 1.24 bits per heavy atom. The number of fused-ring (bicyclic) bond motifs is 7. The van der Waals surface area contributed by atoms with E-state index in [1.807, 2.05) is 0 Å². The van der Waals surface area contributed by atoms with Gasteiger partial charge in [0.15, 0.2) is 0 Å². The summed E-state index contributed by atoms with van der Waals surface area (Å²) in [5.41, 5.74) is 16.3. The number of dihydropyridines is 2. The lowest BCUT2D eigenvalue weighted by molar-refractivity contribution is 0.458. The fourth-order valence-electron chi connectivity index (χ4n) is 11.0. The lowest BCUT2D eigenvalue weighted by atomic mass is 9.62. The Morgan fingerprint density at radius 1 is 0.576 bits per heavy atom. The monoisotopic (exact) mass is 754 g/mol. The van der Waals surface area contributed by atoms with E-state index < -0.39 is 5.41 Å². The Kier molecular flexibility index (Phi) is 7.74. The van der Waals surface area contributed by atoms with Crippen LogP contribution in [-0.4, -0.2) is 12.6 Å². The minimum atomic E-state index is -0.437. The van der Waals surface area contributed by atoms with E-state index >= 15 is 0 Å². The van der Waals surface area contributed by atoms with Crippen molar-refractivity contribution in [3.05, 3.63) is 263 Å². The molecule has 7 aromatic rings. The van der Waals surface area contributed by atoms with Crippen LogP contribution in [0.1, 0.15) is 39.3 Å². The highest BCUT2D eigenvalue weighted by molar-refractivity contribution is 6.04. The zero-order valence-electron chi connectivity index (χ0n) is 32.6. The molecule has 0 amide bonds. The van der Waals surface area contributed by atoms with Crippen LogP contribution in [0.15, 0.2) is 229 Å². The number of hydrogen-bond acceptors (Lipinski definition) is 2. The van der Waals surface area contributed by atoms with E-state index in [9.17, 15) is 0 Å². The maximum Gasteiger partial charge on any atom is 0.0920 e. The molecule has 2 N–H and O–H groups in total. The van der Waals surface area contributed by atoms with Gasteiger partial charge in [0, 0.05) is 35.3 Å². The molecule has 0 bridgehead atoms. The molecule has 12 rings (SSSR count). The minimum absolute atomic E-state index is 0.102. The predicted molar refractivity (Wildman–Crippen MR) is 246 cm³/mol. The number of benzene rings is 7. The molecular weight excluding hydrogens is 713 g/mol. The van der Waals surface area contributed by atoms with Crippen LogP contribution in [0.25, 0.3) is 43.9 Å². The van der Waals surface area contributed by atoms with Gasteiger partial charge in [-0.05, 0) is 89.4 Å². The third-order valence-electron chi connectivity index (χ3n) is 13.5. The van der Waals surface area contributed by atoms with Crippen molar-refractivity contribution in [3.63, 3.8) is 0 Å². The Balaban J connectivity index is 1.07. The predicted octanol–water partition coefficient (Wildman–Crippen LogP) is 12.6. The summed E-state index contributed by atoms with van der Waals surface area (Å²) < 4.78 is 0. The number of rotatable bonds is 5. The van der Waals surface area contributed by atoms with E-state index in [0.717, 1.165) is 12.2 Å². The Hall–Kier alpha value is -7.16. The van der Waals surface area contributed by atoms with E-state index in [-0.39, 0.29) is 17.9 Å². The molecule has 2 heteroatoms. The molecule has 280 valence electrons. The zero-order valence-corrected chi connectivity index (χ0v) is 32.6. The highest BCUT2D eigenvalue weighted by Crippen LogP contribution is 2.63. The lowest BCUT2D eigenvalue weighted by Gasteiger charge is -2.39. The SMILES string of the molecule is C1=CC2=C(NC1)C1NC(c3ccc(C4=CC5C(C=C4)c4c(cc6ccccc6c4-c4ccccc4)C5(c4ccccc4)c4ccccc4)c4ccccc34)=CC=C1C=C2. The van der Waals surface area contributed by atoms with Gasteiger partial charge in [0.05, 0.1) is 11.5 Å². The standard InChI is InChI=1S/C57H42N2/c1-4-15-37(16-5-1)53-45-23-11-10-17-40(45)36-51-54(53)49-30-28-41(35-50(49)57(51,42-19-6-2-7-20-42)43-21-8-3-9-22-43)44-31-32-48(47-25-13-12-24-46(44)47)52-33-29-39-27-26-38-18-14-34-58-55(38)56(39)59-52/h1-33,35-36,49-50,56,58-59H,34H2. The quantitative estimate of drug-likeness (QED) is 0.183. The summed E-state index contributed by atoms with van der Waals surface area (Å²) in [5, 5.41) is 12.7. The van der Waals surface area contributed by atoms with Crippen LogP contribution in [0.2, 0.25) is 0 Å². The van der Waals surface area contributed by atoms with Gasteiger partial charge in [-0.3, -0.25) is 0 Å². The third-order valence-corrected chi connectivity index (χ3v) is 13.5. The average Bonchev–Trinajstić information content (AvgIpc) is 3.60. The molecule has 0 fully saturated rings. The van der Waals surface area contributed by atoms with Crippen LogP contribution in [-0.2, 0) is 5.41 Å². The van der Waals surface area contributed by atoms with Gasteiger partial charge in [0.1, 0.15) is 0 Å². The summed E-state index contributed by atoms with van der Waals surface area (Å²) in [5.74, 6) is 0.272. The largest absolute Gasteiger partial charge is 0.382 e. The maximum atomic E-state index is 3.94. The van der Waals surface area contributed by atoms with E-state index in [0.29, 0.717) is 0 Å². The van der Waals surface area contributed by atoms with Gasteiger partial charge in [-0.15, -0.1) is 0 Å². The first-order valence-corrected chi connectivity index (χ1v) is 20.9. The Bertz CT molecular complexity index is 3030. The Labute approximate surface area is 345 Å². The first kappa shape index (κ1) is 33.9. The van der Waals surface area contributed by atoms with Gasteiger partial charge < -0.3 is 10.6 Å². The summed E-state index contributed by atoms with van der Waals surface area (Å²) in [6.07, 6.45) is 21.0. The molecule has 5 aliphatic rings. The fraction of sp³-hybridized carbons (Fsp3) is 0.0877. The van der Waals surface area contributed by atoms with Crippen molar-refractivity contribution in [3.8, 4) is 11.1 Å². The van der Waals surface area contributed by atoms with Crippen LogP contribution in [0.4, 0.5) is 0 Å². The molecule has 3 atom stereocenters. The second kappa shape index (κ2) is 13.5. The van der Waals surface area contributed by atoms with E-state index in [1.54, 1.807) is 0 Å². The molecule has 0 radical (unpaired) electrons. The van der Waals surface area contributed by atoms with Gasteiger partial charge in [-0.1, -0.05) is 200 Å². The number of nitrogens with one attached hydrogen (secondary N) is 2. The summed E-state index contributed by atoms with van der Waals surface area (Å²) in [7, 11) is 0. The zero-order chi connectivity index (χ0) is 38.9. The number of hydrogen-bond donors (Lipinski definition) is 2. The average molecular weight is 755 g/mol. The summed E-state index contributed by atoms with van der Waals surface area (Å²) in [6, 6.07) is 59.0. The smallest absolute Gasteiger partial charge is 0.0920 e. The minimum Gasteiger partial charge on any atom is -0.382 e. The van der Waals surface area contributed by atoms with Crippen molar-refractivity contribution in [2.75, 3.05) is 6.54 Å². The summed E-state index contributed by atoms with van der Waals surface area (Å²) in [6.45, 7) is 0.851. The fourth-order valence-corrected chi connectivity index (χ4v) is 11.0. The van der Waals surface area contributed by atoms with Crippen LogP contribution in [0.5, 0.6) is 0 Å².